The molecule has 2 aromatic heterocycles. The van der Waals surface area contributed by atoms with E-state index in [0.29, 0.717) is 32.2 Å². The molecule has 1 saturated carbocycles. The summed E-state index contributed by atoms with van der Waals surface area (Å²) in [7, 11) is 0. The fourth-order valence-corrected chi connectivity index (χ4v) is 5.53. The molecule has 1 aliphatic carbocycles. The molecule has 0 spiro atoms. The van der Waals surface area contributed by atoms with E-state index in [1.807, 2.05) is 18.7 Å². The van der Waals surface area contributed by atoms with Crippen LogP contribution in [0, 0.1) is 0 Å². The lowest BCUT2D eigenvalue weighted by Crippen LogP contribution is -2.34. The monoisotopic (exact) mass is 522 g/mol. The highest BCUT2D eigenvalue weighted by Crippen LogP contribution is 2.40. The number of nitrogens with one attached hydrogen (secondary N) is 1. The van der Waals surface area contributed by atoms with Crippen LogP contribution in [0.1, 0.15) is 92.4 Å². The van der Waals surface area contributed by atoms with Crippen molar-refractivity contribution >= 4 is 11.8 Å². The molecule has 1 saturated heterocycles. The Hall–Kier alpha value is -2.55. The molecule has 0 amide bonds. The topological polar surface area (TPSA) is 96.8 Å². The summed E-state index contributed by atoms with van der Waals surface area (Å²) < 4.78 is 12.1. The van der Waals surface area contributed by atoms with Crippen molar-refractivity contribution in [3.63, 3.8) is 0 Å². The smallest absolute Gasteiger partial charge is 0.325 e. The molecule has 2 atom stereocenters. The van der Waals surface area contributed by atoms with Crippen LogP contribution in [0.4, 0.5) is 5.82 Å². The first-order valence-corrected chi connectivity index (χ1v) is 14.4. The number of carbonyl (C=O) groups is 1. The molecule has 2 aliphatic heterocycles. The quantitative estimate of drug-likeness (QED) is 0.360. The number of unbranched alkanes of at least 4 members (excludes halogenated alkanes) is 1. The van der Waals surface area contributed by atoms with E-state index >= 15 is 0 Å². The van der Waals surface area contributed by atoms with Crippen LogP contribution in [0.25, 0.3) is 0 Å². The van der Waals surface area contributed by atoms with E-state index in [2.05, 4.69) is 28.5 Å². The summed E-state index contributed by atoms with van der Waals surface area (Å²) in [4.78, 5) is 23.9. The molecule has 4 heterocycles. The third-order valence-corrected chi connectivity index (χ3v) is 7.82. The SMILES string of the molecule is CC(C)OCc1cc(C2CC2)ncc1C(C(=O)O)N1CC[C@@H](OCCCCc2ccc3c(n2)NCCC3)C1. The minimum Gasteiger partial charge on any atom is -0.480 e. The average Bonchev–Trinajstić information content (AvgIpc) is 3.66. The molecule has 1 unspecified atom stereocenters. The second-order valence-corrected chi connectivity index (χ2v) is 11.3. The highest BCUT2D eigenvalue weighted by molar-refractivity contribution is 5.76. The molecule has 0 radical (unpaired) electrons. The largest absolute Gasteiger partial charge is 0.480 e. The normalized spacial score (nSPS) is 20.3. The van der Waals surface area contributed by atoms with Crippen molar-refractivity contribution in [1.82, 2.24) is 14.9 Å². The molecule has 8 heteroatoms. The van der Waals surface area contributed by atoms with Crippen molar-refractivity contribution in [2.75, 3.05) is 31.6 Å². The van der Waals surface area contributed by atoms with Gasteiger partial charge >= 0.3 is 5.97 Å². The first-order valence-electron chi connectivity index (χ1n) is 14.4. The van der Waals surface area contributed by atoms with Gasteiger partial charge in [0.15, 0.2) is 0 Å². The number of ether oxygens (including phenoxy) is 2. The number of fused-ring (bicyclic) bond motifs is 1. The van der Waals surface area contributed by atoms with Gasteiger partial charge in [-0.1, -0.05) is 6.07 Å². The average molecular weight is 523 g/mol. The maximum Gasteiger partial charge on any atom is 0.325 e. The molecule has 0 bridgehead atoms. The number of likely N-dealkylation sites (tertiary alicyclic amines) is 1. The van der Waals surface area contributed by atoms with Crippen LogP contribution in [0.15, 0.2) is 24.4 Å². The van der Waals surface area contributed by atoms with E-state index in [0.717, 1.165) is 79.8 Å². The van der Waals surface area contributed by atoms with E-state index < -0.39 is 12.0 Å². The third kappa shape index (κ3) is 6.90. The second-order valence-electron chi connectivity index (χ2n) is 11.3. The van der Waals surface area contributed by atoms with E-state index in [1.165, 1.54) is 12.0 Å². The molecule has 3 aliphatic rings. The maximum atomic E-state index is 12.5. The fraction of sp³-hybridized carbons (Fsp3) is 0.633. The standard InChI is InChI=1S/C30H42N4O4/c1-20(2)38-19-23-16-27(21-8-9-21)32-17-26(23)28(30(35)36)34-14-12-25(18-34)37-15-4-3-7-24-11-10-22-6-5-13-31-29(22)33-24/h10-11,16-17,20-21,25,28H,3-9,12-15,18-19H2,1-2H3,(H,31,33)(H,35,36)/t25-,28?/m1/s1. The Balaban J connectivity index is 1.13. The van der Waals surface area contributed by atoms with Crippen molar-refractivity contribution in [3.05, 3.63) is 52.5 Å². The number of aliphatic carboxylic acids is 1. The minimum atomic E-state index is -0.843. The Morgan fingerprint density at radius 3 is 2.89 bits per heavy atom. The van der Waals surface area contributed by atoms with Gasteiger partial charge in [0.05, 0.1) is 18.8 Å². The summed E-state index contributed by atoms with van der Waals surface area (Å²) in [6.07, 6.45) is 10.3. The molecule has 206 valence electrons. The van der Waals surface area contributed by atoms with Crippen LogP contribution in [0.5, 0.6) is 0 Å². The molecular weight excluding hydrogens is 480 g/mol. The van der Waals surface area contributed by atoms with Crippen LogP contribution < -0.4 is 5.32 Å². The van der Waals surface area contributed by atoms with Crippen molar-refractivity contribution < 1.29 is 19.4 Å². The summed E-state index contributed by atoms with van der Waals surface area (Å²) >= 11 is 0. The fourth-order valence-electron chi connectivity index (χ4n) is 5.53. The molecule has 38 heavy (non-hydrogen) atoms. The summed E-state index contributed by atoms with van der Waals surface area (Å²) in [5.41, 5.74) is 5.20. The maximum absolute atomic E-state index is 12.5. The zero-order chi connectivity index (χ0) is 26.5. The summed E-state index contributed by atoms with van der Waals surface area (Å²) in [6.45, 7) is 7.41. The molecule has 0 aromatic carbocycles. The van der Waals surface area contributed by atoms with Crippen LogP contribution in [0.2, 0.25) is 0 Å². The Labute approximate surface area is 226 Å². The summed E-state index contributed by atoms with van der Waals surface area (Å²) in [5.74, 6) is 0.721. The summed E-state index contributed by atoms with van der Waals surface area (Å²) in [5, 5.41) is 13.6. The van der Waals surface area contributed by atoms with Crippen molar-refractivity contribution in [2.24, 2.45) is 0 Å². The molecule has 2 N–H and O–H groups in total. The summed E-state index contributed by atoms with van der Waals surface area (Å²) in [6, 6.07) is 5.70. The zero-order valence-corrected chi connectivity index (χ0v) is 22.8. The Morgan fingerprint density at radius 1 is 1.24 bits per heavy atom. The number of pyridine rings is 2. The van der Waals surface area contributed by atoms with Crippen LogP contribution >= 0.6 is 0 Å². The predicted molar refractivity (Wildman–Crippen MR) is 146 cm³/mol. The highest BCUT2D eigenvalue weighted by atomic mass is 16.5. The van der Waals surface area contributed by atoms with Gasteiger partial charge in [-0.3, -0.25) is 14.7 Å². The van der Waals surface area contributed by atoms with E-state index in [9.17, 15) is 9.90 Å². The number of carboxylic acids is 1. The predicted octanol–water partition coefficient (Wildman–Crippen LogP) is 4.88. The molecule has 8 nitrogen and oxygen atoms in total. The van der Waals surface area contributed by atoms with Gasteiger partial charge in [-0.25, -0.2) is 4.98 Å². The van der Waals surface area contributed by atoms with Crippen molar-refractivity contribution in [3.8, 4) is 0 Å². The lowest BCUT2D eigenvalue weighted by molar-refractivity contribution is -0.143. The van der Waals surface area contributed by atoms with Gasteiger partial charge in [0.2, 0.25) is 0 Å². The van der Waals surface area contributed by atoms with E-state index in [4.69, 9.17) is 14.5 Å². The molecule has 5 rings (SSSR count). The van der Waals surface area contributed by atoms with E-state index in [-0.39, 0.29) is 12.2 Å². The Morgan fingerprint density at radius 2 is 2.11 bits per heavy atom. The van der Waals surface area contributed by atoms with Gasteiger partial charge in [0.25, 0.3) is 0 Å². The zero-order valence-electron chi connectivity index (χ0n) is 22.8. The number of hydrogen-bond donors (Lipinski definition) is 2. The first-order chi connectivity index (χ1) is 18.5. The van der Waals surface area contributed by atoms with E-state index in [1.54, 1.807) is 6.20 Å². The molecule has 2 aromatic rings. The van der Waals surface area contributed by atoms with Gasteiger partial charge < -0.3 is 19.9 Å². The third-order valence-electron chi connectivity index (χ3n) is 7.82. The van der Waals surface area contributed by atoms with Crippen LogP contribution in [-0.2, 0) is 33.7 Å². The van der Waals surface area contributed by atoms with Crippen LogP contribution in [-0.4, -0.2) is 64.4 Å². The highest BCUT2D eigenvalue weighted by Gasteiger charge is 2.36. The van der Waals surface area contributed by atoms with Gasteiger partial charge in [0.1, 0.15) is 11.9 Å². The molecular formula is C30H42N4O4. The first kappa shape index (κ1) is 27.0. The number of aryl methyl sites for hydroxylation is 2. The number of rotatable bonds is 13. The van der Waals surface area contributed by atoms with Crippen LogP contribution in [0.3, 0.4) is 0 Å². The number of aromatic nitrogens is 2. The van der Waals surface area contributed by atoms with Crippen molar-refractivity contribution in [2.45, 2.75) is 96.0 Å². The number of anilines is 1. The van der Waals surface area contributed by atoms with Gasteiger partial charge in [-0.05, 0) is 88.5 Å². The van der Waals surface area contributed by atoms with Gasteiger partial charge in [-0.2, -0.15) is 0 Å². The lowest BCUT2D eigenvalue weighted by Gasteiger charge is -2.26. The Kier molecular flexibility index (Phi) is 8.92. The second kappa shape index (κ2) is 12.5. The number of carboxylic acid groups (broad SMARTS) is 1. The molecule has 2 fully saturated rings. The lowest BCUT2D eigenvalue weighted by atomic mass is 10.00. The van der Waals surface area contributed by atoms with Gasteiger partial charge in [-0.15, -0.1) is 0 Å². The van der Waals surface area contributed by atoms with Gasteiger partial charge in [0, 0.05) is 55.3 Å². The number of nitrogens with zero attached hydrogens (tertiary/aromatic N) is 3. The minimum absolute atomic E-state index is 0.0528. The number of hydrogen-bond acceptors (Lipinski definition) is 7. The Bertz CT molecular complexity index is 1100. The van der Waals surface area contributed by atoms with Crippen molar-refractivity contribution in [1.29, 1.82) is 0 Å².